The number of anilines is 1. The third-order valence-corrected chi connectivity index (χ3v) is 5.71. The molecule has 5 nitrogen and oxygen atoms in total. The number of amides is 1. The van der Waals surface area contributed by atoms with Gasteiger partial charge in [-0.3, -0.25) is 15.0 Å². The number of thiazole rings is 1. The second-order valence-electron chi connectivity index (χ2n) is 6.38. The van der Waals surface area contributed by atoms with Crippen LogP contribution in [0.4, 0.5) is 5.13 Å². The van der Waals surface area contributed by atoms with Gasteiger partial charge in [0.2, 0.25) is 0 Å². The molecule has 1 amide bonds. The van der Waals surface area contributed by atoms with Crippen LogP contribution in [0.2, 0.25) is 0 Å². The Bertz CT molecular complexity index is 715. The van der Waals surface area contributed by atoms with E-state index in [2.05, 4.69) is 29.0 Å². The number of ether oxygens (including phenoxy) is 1. The molecule has 24 heavy (non-hydrogen) atoms. The molecular formula is C17H23N3O2S2. The van der Waals surface area contributed by atoms with Gasteiger partial charge in [-0.25, -0.2) is 4.98 Å². The Kier molecular flexibility index (Phi) is 5.34. The van der Waals surface area contributed by atoms with E-state index in [-0.39, 0.29) is 18.1 Å². The zero-order valence-electron chi connectivity index (χ0n) is 14.5. The molecule has 2 unspecified atom stereocenters. The second-order valence-corrected chi connectivity index (χ2v) is 8.69. The van der Waals surface area contributed by atoms with Gasteiger partial charge in [0.1, 0.15) is 0 Å². The van der Waals surface area contributed by atoms with Crippen molar-refractivity contribution in [3.63, 3.8) is 0 Å². The van der Waals surface area contributed by atoms with E-state index in [1.54, 1.807) is 11.3 Å². The fourth-order valence-corrected chi connectivity index (χ4v) is 4.72. The average Bonchev–Trinajstić information content (AvgIpc) is 3.04. The number of carbonyl (C=O) groups excluding carboxylic acids is 1. The molecule has 3 rings (SSSR count). The van der Waals surface area contributed by atoms with Crippen molar-refractivity contribution >= 4 is 33.7 Å². The number of thiophene rings is 1. The van der Waals surface area contributed by atoms with Crippen LogP contribution < -0.4 is 5.32 Å². The smallest absolute Gasteiger partial charge is 0.258 e. The molecule has 1 aliphatic rings. The van der Waals surface area contributed by atoms with Crippen LogP contribution in [0.15, 0.2) is 11.4 Å². The number of hydrogen-bond acceptors (Lipinski definition) is 6. The van der Waals surface area contributed by atoms with Crippen molar-refractivity contribution in [1.82, 2.24) is 9.88 Å². The summed E-state index contributed by atoms with van der Waals surface area (Å²) in [5.74, 6) is -0.0774. The number of nitrogens with one attached hydrogen (secondary N) is 1. The molecule has 1 N–H and O–H groups in total. The van der Waals surface area contributed by atoms with E-state index in [1.807, 2.05) is 25.3 Å². The Labute approximate surface area is 150 Å². The summed E-state index contributed by atoms with van der Waals surface area (Å²) < 4.78 is 5.76. The van der Waals surface area contributed by atoms with E-state index in [1.165, 1.54) is 11.3 Å². The minimum atomic E-state index is -0.0774. The van der Waals surface area contributed by atoms with Gasteiger partial charge in [0.15, 0.2) is 5.13 Å². The first kappa shape index (κ1) is 17.5. The van der Waals surface area contributed by atoms with Crippen molar-refractivity contribution in [3.8, 4) is 0 Å². The molecule has 130 valence electrons. The normalized spacial score (nSPS) is 21.8. The van der Waals surface area contributed by atoms with E-state index in [0.29, 0.717) is 5.13 Å². The summed E-state index contributed by atoms with van der Waals surface area (Å²) in [7, 11) is 0. The maximum Gasteiger partial charge on any atom is 0.258 e. The van der Waals surface area contributed by atoms with Crippen molar-refractivity contribution in [2.45, 2.75) is 46.4 Å². The Morgan fingerprint density at radius 2 is 2.08 bits per heavy atom. The summed E-state index contributed by atoms with van der Waals surface area (Å²) in [6, 6.07) is 1.93. The van der Waals surface area contributed by atoms with Gasteiger partial charge in [-0.1, -0.05) is 0 Å². The van der Waals surface area contributed by atoms with Gasteiger partial charge in [0.05, 0.1) is 23.5 Å². The molecule has 1 fully saturated rings. The van der Waals surface area contributed by atoms with Crippen molar-refractivity contribution in [2.75, 3.05) is 18.4 Å². The highest BCUT2D eigenvalue weighted by molar-refractivity contribution is 7.14. The summed E-state index contributed by atoms with van der Waals surface area (Å²) in [5, 5.41) is 5.60. The van der Waals surface area contributed by atoms with Crippen LogP contribution in [0.1, 0.15) is 39.7 Å². The molecule has 1 aliphatic heterocycles. The monoisotopic (exact) mass is 365 g/mol. The predicted molar refractivity (Wildman–Crippen MR) is 99.1 cm³/mol. The highest BCUT2D eigenvalue weighted by Gasteiger charge is 2.23. The molecule has 0 saturated carbocycles. The molecule has 7 heteroatoms. The molecular weight excluding hydrogens is 342 g/mol. The predicted octanol–water partition coefficient (Wildman–Crippen LogP) is 3.68. The Balaban J connectivity index is 1.61. The number of rotatable bonds is 4. The minimum absolute atomic E-state index is 0.0774. The van der Waals surface area contributed by atoms with Crippen LogP contribution in [0.25, 0.3) is 0 Å². The maximum absolute atomic E-state index is 12.4. The lowest BCUT2D eigenvalue weighted by Crippen LogP contribution is -2.44. The molecule has 2 atom stereocenters. The second kappa shape index (κ2) is 7.31. The SMILES string of the molecule is Cc1cc(C(=O)Nc2nc(CN3CC(C)OC(C)C3)cs2)c(C)s1. The molecule has 0 aromatic carbocycles. The molecule has 2 aromatic heterocycles. The Morgan fingerprint density at radius 3 is 2.71 bits per heavy atom. The van der Waals surface area contributed by atoms with E-state index in [9.17, 15) is 4.79 Å². The largest absolute Gasteiger partial charge is 0.373 e. The van der Waals surface area contributed by atoms with Gasteiger partial charge in [-0.05, 0) is 33.8 Å². The highest BCUT2D eigenvalue weighted by Crippen LogP contribution is 2.23. The first-order valence-electron chi connectivity index (χ1n) is 8.11. The number of aromatic nitrogens is 1. The van der Waals surface area contributed by atoms with Crippen LogP contribution in [-0.2, 0) is 11.3 Å². The molecule has 0 spiro atoms. The van der Waals surface area contributed by atoms with Crippen molar-refractivity contribution in [3.05, 3.63) is 32.5 Å². The molecule has 0 radical (unpaired) electrons. The summed E-state index contributed by atoms with van der Waals surface area (Å²) in [6.07, 6.45) is 0.493. The van der Waals surface area contributed by atoms with Crippen LogP contribution in [0.5, 0.6) is 0 Å². The summed E-state index contributed by atoms with van der Waals surface area (Å²) in [4.78, 5) is 21.5. The average molecular weight is 366 g/mol. The van der Waals surface area contributed by atoms with Gasteiger partial charge in [-0.15, -0.1) is 22.7 Å². The van der Waals surface area contributed by atoms with Crippen molar-refractivity contribution in [1.29, 1.82) is 0 Å². The Morgan fingerprint density at radius 1 is 1.38 bits per heavy atom. The van der Waals surface area contributed by atoms with Gasteiger partial charge < -0.3 is 4.74 Å². The van der Waals surface area contributed by atoms with Crippen LogP contribution in [0.3, 0.4) is 0 Å². The van der Waals surface area contributed by atoms with Crippen LogP contribution in [0, 0.1) is 13.8 Å². The topological polar surface area (TPSA) is 54.5 Å². The summed E-state index contributed by atoms with van der Waals surface area (Å²) in [5.41, 5.74) is 1.74. The van der Waals surface area contributed by atoms with Gasteiger partial charge >= 0.3 is 0 Å². The Hall–Kier alpha value is -1.28. The van der Waals surface area contributed by atoms with E-state index >= 15 is 0 Å². The fraction of sp³-hybridized carbons (Fsp3) is 0.529. The van der Waals surface area contributed by atoms with Crippen molar-refractivity contribution < 1.29 is 9.53 Å². The van der Waals surface area contributed by atoms with Crippen LogP contribution in [-0.4, -0.2) is 41.1 Å². The number of nitrogens with zero attached hydrogens (tertiary/aromatic N) is 2. The molecule has 0 bridgehead atoms. The number of aryl methyl sites for hydroxylation is 2. The quantitative estimate of drug-likeness (QED) is 0.898. The fourth-order valence-electron chi connectivity index (χ4n) is 3.10. The third-order valence-electron chi connectivity index (χ3n) is 3.94. The first-order chi connectivity index (χ1) is 11.4. The first-order valence-corrected chi connectivity index (χ1v) is 9.81. The standard InChI is InChI=1S/C17H23N3O2S2/c1-10-6-20(7-11(2)22-10)8-14-9-23-17(18-14)19-16(21)15-5-12(3)24-13(15)4/h5,9-11H,6-8H2,1-4H3,(H,18,19,21). The van der Waals surface area contributed by atoms with E-state index < -0.39 is 0 Å². The highest BCUT2D eigenvalue weighted by atomic mass is 32.1. The lowest BCUT2D eigenvalue weighted by Gasteiger charge is -2.34. The van der Waals surface area contributed by atoms with E-state index in [4.69, 9.17) is 4.74 Å². The zero-order chi connectivity index (χ0) is 17.3. The number of hydrogen-bond donors (Lipinski definition) is 1. The third kappa shape index (κ3) is 4.22. The summed E-state index contributed by atoms with van der Waals surface area (Å²) in [6.45, 7) is 10.8. The van der Waals surface area contributed by atoms with Gasteiger partial charge in [-0.2, -0.15) is 0 Å². The number of carbonyl (C=O) groups is 1. The zero-order valence-corrected chi connectivity index (χ0v) is 16.1. The summed E-state index contributed by atoms with van der Waals surface area (Å²) >= 11 is 3.12. The minimum Gasteiger partial charge on any atom is -0.373 e. The van der Waals surface area contributed by atoms with Crippen LogP contribution >= 0.6 is 22.7 Å². The molecule has 0 aliphatic carbocycles. The van der Waals surface area contributed by atoms with E-state index in [0.717, 1.165) is 40.6 Å². The molecule has 1 saturated heterocycles. The van der Waals surface area contributed by atoms with Gasteiger partial charge in [0, 0.05) is 34.8 Å². The molecule has 2 aromatic rings. The maximum atomic E-state index is 12.4. The number of morpholine rings is 1. The van der Waals surface area contributed by atoms with Crippen molar-refractivity contribution in [2.24, 2.45) is 0 Å². The molecule has 3 heterocycles. The van der Waals surface area contributed by atoms with Gasteiger partial charge in [0.25, 0.3) is 5.91 Å². The lowest BCUT2D eigenvalue weighted by atomic mass is 10.2. The lowest BCUT2D eigenvalue weighted by molar-refractivity contribution is -0.0707.